The van der Waals surface area contributed by atoms with E-state index in [4.69, 9.17) is 9.26 Å². The fraction of sp³-hybridized carbons (Fsp3) is 0.273. The van der Waals surface area contributed by atoms with Crippen molar-refractivity contribution < 1.29 is 9.26 Å². The molecule has 4 nitrogen and oxygen atoms in total. The summed E-state index contributed by atoms with van der Waals surface area (Å²) in [5, 5.41) is 3.84. The quantitative estimate of drug-likeness (QED) is 0.767. The summed E-state index contributed by atoms with van der Waals surface area (Å²) in [6.07, 6.45) is 0.661. The maximum absolute atomic E-state index is 5.13. The molecule has 2 aromatic rings. The largest absolute Gasteiger partial charge is 0.497 e. The topological polar surface area (TPSA) is 48.2 Å². The predicted octanol–water partition coefficient (Wildman–Crippen LogP) is 1.98. The normalized spacial score (nSPS) is 10.3. The van der Waals surface area contributed by atoms with Gasteiger partial charge in [0.05, 0.1) is 7.11 Å². The van der Waals surface area contributed by atoms with Gasteiger partial charge in [-0.05, 0) is 17.7 Å². The van der Waals surface area contributed by atoms with E-state index in [1.54, 1.807) is 14.0 Å². The zero-order valence-electron chi connectivity index (χ0n) is 8.73. The zero-order chi connectivity index (χ0) is 10.7. The summed E-state index contributed by atoms with van der Waals surface area (Å²) in [6, 6.07) is 7.83. The minimum absolute atomic E-state index is 0.591. The molecule has 1 heterocycles. The fourth-order valence-electron chi connectivity index (χ4n) is 1.38. The molecule has 0 saturated heterocycles. The fourth-order valence-corrected chi connectivity index (χ4v) is 1.38. The monoisotopic (exact) mass is 204 g/mol. The number of rotatable bonds is 3. The predicted molar refractivity (Wildman–Crippen MR) is 54.8 cm³/mol. The second-order valence-corrected chi connectivity index (χ2v) is 3.26. The summed E-state index contributed by atoms with van der Waals surface area (Å²) in [7, 11) is 1.65. The number of ether oxygens (including phenoxy) is 1. The van der Waals surface area contributed by atoms with E-state index in [1.165, 1.54) is 0 Å². The van der Waals surface area contributed by atoms with Crippen LogP contribution in [0.1, 0.15) is 17.3 Å². The van der Waals surface area contributed by atoms with Gasteiger partial charge in [0.15, 0.2) is 5.82 Å². The molecule has 0 bridgehead atoms. The van der Waals surface area contributed by atoms with Crippen LogP contribution in [-0.4, -0.2) is 17.3 Å². The molecular formula is C11H12N2O2. The summed E-state index contributed by atoms with van der Waals surface area (Å²) in [5.41, 5.74) is 1.11. The van der Waals surface area contributed by atoms with Gasteiger partial charge in [-0.15, -0.1) is 0 Å². The third kappa shape index (κ3) is 2.34. The van der Waals surface area contributed by atoms with Gasteiger partial charge in [0.1, 0.15) is 5.75 Å². The summed E-state index contributed by atoms with van der Waals surface area (Å²) < 4.78 is 10.0. The Bertz CT molecular complexity index is 451. The number of aromatic nitrogens is 2. The van der Waals surface area contributed by atoms with E-state index in [9.17, 15) is 0 Å². The second kappa shape index (κ2) is 4.13. The highest BCUT2D eigenvalue weighted by atomic mass is 16.5. The van der Waals surface area contributed by atoms with Crippen LogP contribution in [-0.2, 0) is 6.42 Å². The standard InChI is InChI=1S/C11H12N2O2/c1-8-12-11(13-15-8)7-9-4-3-5-10(6-9)14-2/h3-6H,7H2,1-2H3. The van der Waals surface area contributed by atoms with Gasteiger partial charge < -0.3 is 9.26 Å². The maximum Gasteiger partial charge on any atom is 0.223 e. The average Bonchev–Trinajstić information content (AvgIpc) is 2.64. The molecule has 0 fully saturated rings. The van der Waals surface area contributed by atoms with Gasteiger partial charge in [-0.2, -0.15) is 4.98 Å². The summed E-state index contributed by atoms with van der Waals surface area (Å²) in [6.45, 7) is 1.78. The molecule has 2 rings (SSSR count). The Hall–Kier alpha value is -1.84. The molecule has 1 aromatic heterocycles. The molecule has 0 radical (unpaired) electrons. The molecule has 0 amide bonds. The number of hydrogen-bond donors (Lipinski definition) is 0. The van der Waals surface area contributed by atoms with Crippen molar-refractivity contribution >= 4 is 0 Å². The van der Waals surface area contributed by atoms with Crippen molar-refractivity contribution in [1.82, 2.24) is 10.1 Å². The number of nitrogens with zero attached hydrogens (tertiary/aromatic N) is 2. The van der Waals surface area contributed by atoms with Crippen LogP contribution in [0.2, 0.25) is 0 Å². The molecular weight excluding hydrogens is 192 g/mol. The van der Waals surface area contributed by atoms with E-state index >= 15 is 0 Å². The highest BCUT2D eigenvalue weighted by Crippen LogP contribution is 2.14. The Balaban J connectivity index is 2.16. The average molecular weight is 204 g/mol. The molecule has 0 unspecified atom stereocenters. The lowest BCUT2D eigenvalue weighted by Gasteiger charge is -2.01. The molecule has 0 atom stereocenters. The lowest BCUT2D eigenvalue weighted by molar-refractivity contribution is 0.388. The molecule has 1 aromatic carbocycles. The zero-order valence-corrected chi connectivity index (χ0v) is 8.73. The van der Waals surface area contributed by atoms with E-state index in [1.807, 2.05) is 24.3 Å². The minimum Gasteiger partial charge on any atom is -0.497 e. The van der Waals surface area contributed by atoms with Crippen molar-refractivity contribution in [2.24, 2.45) is 0 Å². The lowest BCUT2D eigenvalue weighted by atomic mass is 10.1. The van der Waals surface area contributed by atoms with Crippen molar-refractivity contribution in [1.29, 1.82) is 0 Å². The van der Waals surface area contributed by atoms with Crippen LogP contribution in [0.15, 0.2) is 28.8 Å². The van der Waals surface area contributed by atoms with Gasteiger partial charge >= 0.3 is 0 Å². The first-order valence-corrected chi connectivity index (χ1v) is 4.70. The molecule has 0 aliphatic heterocycles. The van der Waals surface area contributed by atoms with E-state index in [-0.39, 0.29) is 0 Å². The number of hydrogen-bond acceptors (Lipinski definition) is 4. The van der Waals surface area contributed by atoms with Crippen LogP contribution in [0.4, 0.5) is 0 Å². The first kappa shape index (κ1) is 9.71. The van der Waals surface area contributed by atoms with E-state index in [0.717, 1.165) is 11.3 Å². The Morgan fingerprint density at radius 1 is 1.40 bits per heavy atom. The maximum atomic E-state index is 5.13. The van der Waals surface area contributed by atoms with Crippen molar-refractivity contribution in [3.63, 3.8) is 0 Å². The number of aryl methyl sites for hydroxylation is 1. The van der Waals surface area contributed by atoms with Crippen LogP contribution in [0.3, 0.4) is 0 Å². The van der Waals surface area contributed by atoms with Gasteiger partial charge in [0.2, 0.25) is 5.89 Å². The first-order valence-electron chi connectivity index (χ1n) is 4.70. The number of methoxy groups -OCH3 is 1. The van der Waals surface area contributed by atoms with Gasteiger partial charge in [0.25, 0.3) is 0 Å². The second-order valence-electron chi connectivity index (χ2n) is 3.26. The molecule has 0 aliphatic rings. The lowest BCUT2D eigenvalue weighted by Crippen LogP contribution is -1.91. The highest BCUT2D eigenvalue weighted by molar-refractivity contribution is 5.29. The van der Waals surface area contributed by atoms with Gasteiger partial charge in [-0.25, -0.2) is 0 Å². The Labute approximate surface area is 87.9 Å². The summed E-state index contributed by atoms with van der Waals surface area (Å²) >= 11 is 0. The molecule has 0 saturated carbocycles. The first-order chi connectivity index (χ1) is 7.28. The molecule has 0 N–H and O–H groups in total. The number of benzene rings is 1. The van der Waals surface area contributed by atoms with Crippen molar-refractivity contribution in [3.8, 4) is 5.75 Å². The third-order valence-electron chi connectivity index (χ3n) is 2.07. The third-order valence-corrected chi connectivity index (χ3v) is 2.07. The van der Waals surface area contributed by atoms with Crippen LogP contribution in [0, 0.1) is 6.92 Å². The summed E-state index contributed by atoms with van der Waals surface area (Å²) in [4.78, 5) is 4.14. The molecule has 0 spiro atoms. The van der Waals surface area contributed by atoms with Crippen molar-refractivity contribution in [3.05, 3.63) is 41.5 Å². The Morgan fingerprint density at radius 2 is 2.27 bits per heavy atom. The van der Waals surface area contributed by atoms with Crippen molar-refractivity contribution in [2.75, 3.05) is 7.11 Å². The Morgan fingerprint density at radius 3 is 2.93 bits per heavy atom. The van der Waals surface area contributed by atoms with Gasteiger partial charge in [-0.3, -0.25) is 0 Å². The SMILES string of the molecule is COc1cccc(Cc2noc(C)n2)c1. The van der Waals surface area contributed by atoms with E-state index in [0.29, 0.717) is 18.1 Å². The smallest absolute Gasteiger partial charge is 0.223 e. The highest BCUT2D eigenvalue weighted by Gasteiger charge is 2.04. The van der Waals surface area contributed by atoms with Crippen molar-refractivity contribution in [2.45, 2.75) is 13.3 Å². The van der Waals surface area contributed by atoms with Crippen LogP contribution in [0.5, 0.6) is 5.75 Å². The van der Waals surface area contributed by atoms with E-state index in [2.05, 4.69) is 10.1 Å². The minimum atomic E-state index is 0.591. The molecule has 0 aliphatic carbocycles. The van der Waals surface area contributed by atoms with Gasteiger partial charge in [0, 0.05) is 13.3 Å². The van der Waals surface area contributed by atoms with Crippen LogP contribution >= 0.6 is 0 Å². The molecule has 15 heavy (non-hydrogen) atoms. The van der Waals surface area contributed by atoms with Crippen LogP contribution < -0.4 is 4.74 Å². The molecule has 4 heteroatoms. The molecule has 78 valence electrons. The Kier molecular flexibility index (Phi) is 2.67. The van der Waals surface area contributed by atoms with Crippen LogP contribution in [0.25, 0.3) is 0 Å². The van der Waals surface area contributed by atoms with Gasteiger partial charge in [-0.1, -0.05) is 17.3 Å². The van der Waals surface area contributed by atoms with E-state index < -0.39 is 0 Å². The summed E-state index contributed by atoms with van der Waals surface area (Å²) in [5.74, 6) is 2.13.